The van der Waals surface area contributed by atoms with E-state index in [4.69, 9.17) is 16.1 Å². The largest absolute Gasteiger partial charge is 0.338 e. The molecule has 0 aliphatic carbocycles. The van der Waals surface area contributed by atoms with Gasteiger partial charge < -0.3 is 9.84 Å². The van der Waals surface area contributed by atoms with Crippen molar-refractivity contribution in [1.82, 2.24) is 15.5 Å². The number of hydrogen-bond donors (Lipinski definition) is 1. The Kier molecular flexibility index (Phi) is 4.51. The fourth-order valence-corrected chi connectivity index (χ4v) is 2.27. The predicted octanol–water partition coefficient (Wildman–Crippen LogP) is 4.24. The third-order valence-electron chi connectivity index (χ3n) is 3.43. The minimum atomic E-state index is 0.171. The van der Waals surface area contributed by atoms with Crippen LogP contribution in [0.4, 0.5) is 0 Å². The van der Waals surface area contributed by atoms with E-state index < -0.39 is 0 Å². The zero-order valence-corrected chi connectivity index (χ0v) is 12.9. The van der Waals surface area contributed by atoms with Crippen molar-refractivity contribution in [2.45, 2.75) is 19.5 Å². The lowest BCUT2D eigenvalue weighted by atomic mass is 10.1. The van der Waals surface area contributed by atoms with Gasteiger partial charge in [-0.05, 0) is 24.6 Å². The van der Waals surface area contributed by atoms with E-state index in [1.54, 1.807) is 0 Å². The second-order valence-electron chi connectivity index (χ2n) is 5.03. The molecule has 4 nitrogen and oxygen atoms in total. The summed E-state index contributed by atoms with van der Waals surface area (Å²) in [6.45, 7) is 2.60. The maximum absolute atomic E-state index is 5.90. The van der Waals surface area contributed by atoms with Crippen LogP contribution in [0.5, 0.6) is 0 Å². The van der Waals surface area contributed by atoms with Crippen molar-refractivity contribution in [3.05, 3.63) is 71.1 Å². The smallest absolute Gasteiger partial charge is 0.240 e. The number of aromatic nitrogens is 2. The molecule has 1 N–H and O–H groups in total. The Bertz CT molecular complexity index is 725. The highest BCUT2D eigenvalue weighted by Gasteiger charge is 2.10. The molecule has 22 heavy (non-hydrogen) atoms. The summed E-state index contributed by atoms with van der Waals surface area (Å²) in [5, 5.41) is 8.10. The van der Waals surface area contributed by atoms with Crippen molar-refractivity contribution in [2.75, 3.05) is 0 Å². The SMILES string of the molecule is C[C@@H](NCc1nc(-c2ccccc2)no1)c1ccc(Cl)cc1. The van der Waals surface area contributed by atoms with Crippen LogP contribution in [0.2, 0.25) is 5.02 Å². The first-order chi connectivity index (χ1) is 10.7. The van der Waals surface area contributed by atoms with Crippen molar-refractivity contribution in [2.24, 2.45) is 0 Å². The molecule has 1 atom stereocenters. The van der Waals surface area contributed by atoms with Gasteiger partial charge in [0.25, 0.3) is 0 Å². The van der Waals surface area contributed by atoms with Gasteiger partial charge in [-0.2, -0.15) is 4.98 Å². The summed E-state index contributed by atoms with van der Waals surface area (Å²) in [5.41, 5.74) is 2.11. The molecule has 3 aromatic rings. The van der Waals surface area contributed by atoms with E-state index in [1.807, 2.05) is 54.6 Å². The molecule has 0 fully saturated rings. The van der Waals surface area contributed by atoms with Crippen LogP contribution in [0, 0.1) is 0 Å². The normalized spacial score (nSPS) is 12.3. The molecule has 1 aromatic heterocycles. The quantitative estimate of drug-likeness (QED) is 0.765. The highest BCUT2D eigenvalue weighted by molar-refractivity contribution is 6.30. The van der Waals surface area contributed by atoms with Gasteiger partial charge in [-0.3, -0.25) is 0 Å². The summed E-state index contributed by atoms with van der Waals surface area (Å²) in [5.74, 6) is 1.18. The van der Waals surface area contributed by atoms with Crippen LogP contribution in [0.25, 0.3) is 11.4 Å². The molecule has 0 aliphatic rings. The van der Waals surface area contributed by atoms with E-state index in [-0.39, 0.29) is 6.04 Å². The number of halogens is 1. The minimum absolute atomic E-state index is 0.171. The molecule has 112 valence electrons. The molecular formula is C17H16ClN3O. The Morgan fingerprint density at radius 3 is 2.55 bits per heavy atom. The molecular weight excluding hydrogens is 298 g/mol. The zero-order valence-electron chi connectivity index (χ0n) is 12.2. The van der Waals surface area contributed by atoms with E-state index in [1.165, 1.54) is 0 Å². The monoisotopic (exact) mass is 313 g/mol. The van der Waals surface area contributed by atoms with E-state index in [9.17, 15) is 0 Å². The number of nitrogens with one attached hydrogen (secondary N) is 1. The molecule has 0 bridgehead atoms. The molecule has 3 rings (SSSR count). The fraction of sp³-hybridized carbons (Fsp3) is 0.176. The van der Waals surface area contributed by atoms with Crippen molar-refractivity contribution in [1.29, 1.82) is 0 Å². The standard InChI is InChI=1S/C17H16ClN3O/c1-12(13-7-9-15(18)10-8-13)19-11-16-20-17(21-22-16)14-5-3-2-4-6-14/h2-10,12,19H,11H2,1H3/t12-/m1/s1. The topological polar surface area (TPSA) is 51.0 Å². The lowest BCUT2D eigenvalue weighted by Gasteiger charge is -2.12. The molecule has 0 radical (unpaired) electrons. The van der Waals surface area contributed by atoms with Gasteiger partial charge in [0.1, 0.15) is 0 Å². The first-order valence-corrected chi connectivity index (χ1v) is 7.47. The molecule has 0 spiro atoms. The van der Waals surface area contributed by atoms with Gasteiger partial charge in [0.15, 0.2) is 0 Å². The number of benzene rings is 2. The summed E-state index contributed by atoms with van der Waals surface area (Å²) in [7, 11) is 0. The maximum Gasteiger partial charge on any atom is 0.240 e. The van der Waals surface area contributed by atoms with E-state index in [0.717, 1.165) is 16.1 Å². The summed E-state index contributed by atoms with van der Waals surface area (Å²) >= 11 is 5.90. The van der Waals surface area contributed by atoms with Gasteiger partial charge in [-0.25, -0.2) is 0 Å². The van der Waals surface area contributed by atoms with Gasteiger partial charge in [0, 0.05) is 16.6 Å². The molecule has 2 aromatic carbocycles. The first kappa shape index (κ1) is 14.8. The van der Waals surface area contributed by atoms with Gasteiger partial charge in [-0.15, -0.1) is 0 Å². The van der Waals surface area contributed by atoms with Crippen LogP contribution in [-0.4, -0.2) is 10.1 Å². The second-order valence-corrected chi connectivity index (χ2v) is 5.47. The Morgan fingerprint density at radius 2 is 1.82 bits per heavy atom. The first-order valence-electron chi connectivity index (χ1n) is 7.09. The molecule has 0 unspecified atom stereocenters. The van der Waals surface area contributed by atoms with Crippen molar-refractivity contribution in [3.8, 4) is 11.4 Å². The predicted molar refractivity (Wildman–Crippen MR) is 86.4 cm³/mol. The Labute approximate surface area is 134 Å². The van der Waals surface area contributed by atoms with Crippen molar-refractivity contribution >= 4 is 11.6 Å². The van der Waals surface area contributed by atoms with Crippen LogP contribution in [0.1, 0.15) is 24.4 Å². The molecule has 0 saturated heterocycles. The Hall–Kier alpha value is -2.17. The third kappa shape index (κ3) is 3.53. The van der Waals surface area contributed by atoms with Crippen LogP contribution >= 0.6 is 11.6 Å². The summed E-state index contributed by atoms with van der Waals surface area (Å²) in [6.07, 6.45) is 0. The van der Waals surface area contributed by atoms with E-state index in [0.29, 0.717) is 18.3 Å². The number of rotatable bonds is 5. The summed E-state index contributed by atoms with van der Waals surface area (Å²) in [6, 6.07) is 17.7. The highest BCUT2D eigenvalue weighted by atomic mass is 35.5. The van der Waals surface area contributed by atoms with E-state index >= 15 is 0 Å². The molecule has 0 aliphatic heterocycles. The number of hydrogen-bond acceptors (Lipinski definition) is 4. The highest BCUT2D eigenvalue weighted by Crippen LogP contribution is 2.17. The average Bonchev–Trinajstić information content (AvgIpc) is 3.03. The lowest BCUT2D eigenvalue weighted by Crippen LogP contribution is -2.18. The van der Waals surface area contributed by atoms with Crippen LogP contribution in [0.15, 0.2) is 59.1 Å². The van der Waals surface area contributed by atoms with E-state index in [2.05, 4.69) is 22.4 Å². The van der Waals surface area contributed by atoms with Crippen LogP contribution in [-0.2, 0) is 6.54 Å². The average molecular weight is 314 g/mol. The Balaban J connectivity index is 1.62. The van der Waals surface area contributed by atoms with Crippen molar-refractivity contribution in [3.63, 3.8) is 0 Å². The minimum Gasteiger partial charge on any atom is -0.338 e. The van der Waals surface area contributed by atoms with Gasteiger partial charge in [-0.1, -0.05) is 59.2 Å². The van der Waals surface area contributed by atoms with Gasteiger partial charge in [0.2, 0.25) is 11.7 Å². The summed E-state index contributed by atoms with van der Waals surface area (Å²) in [4.78, 5) is 4.40. The maximum atomic E-state index is 5.90. The van der Waals surface area contributed by atoms with Gasteiger partial charge >= 0.3 is 0 Å². The van der Waals surface area contributed by atoms with Crippen LogP contribution < -0.4 is 5.32 Å². The second kappa shape index (κ2) is 6.73. The fourth-order valence-electron chi connectivity index (χ4n) is 2.14. The molecule has 1 heterocycles. The zero-order chi connectivity index (χ0) is 15.4. The molecule has 0 saturated carbocycles. The third-order valence-corrected chi connectivity index (χ3v) is 3.68. The number of nitrogens with zero attached hydrogens (tertiary/aromatic N) is 2. The summed E-state index contributed by atoms with van der Waals surface area (Å²) < 4.78 is 5.28. The Morgan fingerprint density at radius 1 is 1.09 bits per heavy atom. The molecule has 0 amide bonds. The van der Waals surface area contributed by atoms with Gasteiger partial charge in [0.05, 0.1) is 6.54 Å². The van der Waals surface area contributed by atoms with Crippen molar-refractivity contribution < 1.29 is 4.52 Å². The lowest BCUT2D eigenvalue weighted by molar-refractivity contribution is 0.360. The molecule has 5 heteroatoms. The van der Waals surface area contributed by atoms with Crippen LogP contribution in [0.3, 0.4) is 0 Å².